The molecule has 0 bridgehead atoms. The molecule has 0 amide bonds. The van der Waals surface area contributed by atoms with Crippen LogP contribution >= 0.6 is 23.1 Å². The van der Waals surface area contributed by atoms with E-state index in [-0.39, 0.29) is 5.60 Å². The normalized spacial score (nSPS) is 16.4. The summed E-state index contributed by atoms with van der Waals surface area (Å²) < 4.78 is 6.00. The number of nitrogens with zero attached hydrogens (tertiary/aromatic N) is 3. The van der Waals surface area contributed by atoms with Gasteiger partial charge in [-0.05, 0) is 39.9 Å². The first-order chi connectivity index (χ1) is 11.9. The molecular weight excluding hydrogens is 352 g/mol. The molecule has 0 saturated carbocycles. The number of hydrogen-bond donors (Lipinski definition) is 1. The van der Waals surface area contributed by atoms with Gasteiger partial charge in [-0.2, -0.15) is 0 Å². The zero-order valence-electron chi connectivity index (χ0n) is 15.8. The predicted molar refractivity (Wildman–Crippen MR) is 108 cm³/mol. The lowest BCUT2D eigenvalue weighted by atomic mass is 9.94. The number of hydrogen-bond acceptors (Lipinski definition) is 7. The van der Waals surface area contributed by atoms with Crippen LogP contribution in [0.3, 0.4) is 0 Å². The zero-order chi connectivity index (χ0) is 18.0. The molecule has 7 heteroatoms. The minimum Gasteiger partial charge on any atom is -0.370 e. The zero-order valence-corrected chi connectivity index (χ0v) is 17.4. The average molecular weight is 381 g/mol. The van der Waals surface area contributed by atoms with Crippen molar-refractivity contribution in [1.29, 1.82) is 0 Å². The number of rotatable bonds is 7. The highest BCUT2D eigenvalue weighted by Crippen LogP contribution is 2.41. The van der Waals surface area contributed by atoms with Gasteiger partial charge in [-0.25, -0.2) is 9.97 Å². The number of thiophene rings is 1. The molecule has 3 rings (SSSR count). The van der Waals surface area contributed by atoms with Crippen molar-refractivity contribution in [1.82, 2.24) is 14.9 Å². The largest absolute Gasteiger partial charge is 0.370 e. The van der Waals surface area contributed by atoms with E-state index in [1.165, 1.54) is 15.8 Å². The third-order valence-electron chi connectivity index (χ3n) is 4.20. The van der Waals surface area contributed by atoms with E-state index in [0.29, 0.717) is 6.61 Å². The molecule has 138 valence electrons. The maximum Gasteiger partial charge on any atom is 0.190 e. The summed E-state index contributed by atoms with van der Waals surface area (Å²) in [6, 6.07) is 0. The van der Waals surface area contributed by atoms with Gasteiger partial charge in [0.2, 0.25) is 0 Å². The third kappa shape index (κ3) is 4.45. The van der Waals surface area contributed by atoms with Crippen molar-refractivity contribution in [3.63, 3.8) is 0 Å². The molecule has 1 aliphatic heterocycles. The second-order valence-electron chi connectivity index (χ2n) is 7.34. The molecule has 0 aliphatic carbocycles. The second-order valence-corrected chi connectivity index (χ2v) is 9.49. The summed E-state index contributed by atoms with van der Waals surface area (Å²) in [6.45, 7) is 9.03. The van der Waals surface area contributed by atoms with Crippen molar-refractivity contribution in [2.24, 2.45) is 0 Å². The van der Waals surface area contributed by atoms with Crippen LogP contribution < -0.4 is 5.32 Å². The molecule has 0 radical (unpaired) electrons. The van der Waals surface area contributed by atoms with Gasteiger partial charge in [0.05, 0.1) is 17.6 Å². The predicted octanol–water partition coefficient (Wildman–Crippen LogP) is 4.02. The fraction of sp³-hybridized carbons (Fsp3) is 0.667. The van der Waals surface area contributed by atoms with Crippen LogP contribution in [-0.4, -0.2) is 53.4 Å². The first-order valence-electron chi connectivity index (χ1n) is 8.87. The average Bonchev–Trinajstić information content (AvgIpc) is 2.89. The minimum absolute atomic E-state index is 0.127. The number of likely N-dealkylation sites (N-methyl/N-ethyl adjacent to an activating group) is 1. The monoisotopic (exact) mass is 380 g/mol. The topological polar surface area (TPSA) is 50.3 Å². The van der Waals surface area contributed by atoms with Crippen molar-refractivity contribution < 1.29 is 4.74 Å². The molecule has 0 spiro atoms. The van der Waals surface area contributed by atoms with Crippen LogP contribution in [0.1, 0.15) is 37.6 Å². The molecule has 0 fully saturated rings. The quantitative estimate of drug-likeness (QED) is 0.578. The Hall–Kier alpha value is -0.890. The number of fused-ring (bicyclic) bond motifs is 3. The number of nitrogens with one attached hydrogen (secondary N) is 1. The lowest BCUT2D eigenvalue weighted by Gasteiger charge is -2.30. The van der Waals surface area contributed by atoms with E-state index in [1.807, 2.05) is 0 Å². The summed E-state index contributed by atoms with van der Waals surface area (Å²) in [4.78, 5) is 14.3. The van der Waals surface area contributed by atoms with Crippen LogP contribution in [0.2, 0.25) is 0 Å². The number of ether oxygens (including phenoxy) is 1. The van der Waals surface area contributed by atoms with Gasteiger partial charge in [0.1, 0.15) is 10.6 Å². The highest BCUT2D eigenvalue weighted by molar-refractivity contribution is 7.99. The van der Waals surface area contributed by atoms with Crippen LogP contribution in [0.5, 0.6) is 0 Å². The molecule has 1 N–H and O–H groups in total. The molecule has 2 aromatic rings. The van der Waals surface area contributed by atoms with Crippen LogP contribution in [0, 0.1) is 0 Å². The molecule has 0 atom stereocenters. The highest BCUT2D eigenvalue weighted by Gasteiger charge is 2.31. The summed E-state index contributed by atoms with van der Waals surface area (Å²) in [5.74, 6) is 2.03. The van der Waals surface area contributed by atoms with Gasteiger partial charge >= 0.3 is 0 Å². The van der Waals surface area contributed by atoms with Crippen molar-refractivity contribution in [2.45, 2.75) is 51.0 Å². The summed E-state index contributed by atoms with van der Waals surface area (Å²) in [5.41, 5.74) is 1.24. The van der Waals surface area contributed by atoms with E-state index in [9.17, 15) is 0 Å². The van der Waals surface area contributed by atoms with Crippen LogP contribution in [-0.2, 0) is 17.8 Å². The van der Waals surface area contributed by atoms with Gasteiger partial charge < -0.3 is 15.0 Å². The molecule has 0 unspecified atom stereocenters. The van der Waals surface area contributed by atoms with Crippen molar-refractivity contribution in [2.75, 3.05) is 38.3 Å². The molecule has 0 aromatic carbocycles. The Morgan fingerprint density at radius 1 is 1.32 bits per heavy atom. The first-order valence-corrected chi connectivity index (χ1v) is 10.7. The van der Waals surface area contributed by atoms with Crippen LogP contribution in [0.4, 0.5) is 5.82 Å². The standard InChI is InChI=1S/C18H28N4OS2/c1-6-9-24-17-20-15(19-7-8-22(4)5)14-12-10-18(2,3)23-11-13(12)25-16(14)21-17/h6-11H2,1-5H3,(H,19,20,21). The lowest BCUT2D eigenvalue weighted by Crippen LogP contribution is -2.31. The Balaban J connectivity index is 2.00. The van der Waals surface area contributed by atoms with Gasteiger partial charge in [0.25, 0.3) is 0 Å². The SMILES string of the molecule is CCCSc1nc(NCCN(C)C)c2c3c(sc2n1)COC(C)(C)C3. The fourth-order valence-electron chi connectivity index (χ4n) is 2.91. The van der Waals surface area contributed by atoms with Crippen molar-refractivity contribution in [3.05, 3.63) is 10.4 Å². The van der Waals surface area contributed by atoms with Gasteiger partial charge in [0.15, 0.2) is 5.16 Å². The van der Waals surface area contributed by atoms with Crippen molar-refractivity contribution in [3.8, 4) is 0 Å². The smallest absolute Gasteiger partial charge is 0.190 e. The summed E-state index contributed by atoms with van der Waals surface area (Å²) >= 11 is 3.50. The van der Waals surface area contributed by atoms with Crippen LogP contribution in [0.15, 0.2) is 5.16 Å². The number of thioether (sulfide) groups is 1. The maximum absolute atomic E-state index is 6.00. The van der Waals surface area contributed by atoms with Gasteiger partial charge in [-0.15, -0.1) is 11.3 Å². The van der Waals surface area contributed by atoms with Gasteiger partial charge in [-0.1, -0.05) is 18.7 Å². The van der Waals surface area contributed by atoms with E-state index < -0.39 is 0 Å². The Kier molecular flexibility index (Phi) is 5.88. The molecule has 0 saturated heterocycles. The highest BCUT2D eigenvalue weighted by atomic mass is 32.2. The Labute approximate surface area is 158 Å². The summed E-state index contributed by atoms with van der Waals surface area (Å²) in [5, 5.41) is 5.64. The maximum atomic E-state index is 6.00. The third-order valence-corrected chi connectivity index (χ3v) is 6.35. The van der Waals surface area contributed by atoms with Crippen LogP contribution in [0.25, 0.3) is 10.2 Å². The minimum atomic E-state index is -0.127. The first kappa shape index (κ1) is 18.9. The summed E-state index contributed by atoms with van der Waals surface area (Å²) in [6.07, 6.45) is 2.04. The second kappa shape index (κ2) is 7.78. The molecule has 25 heavy (non-hydrogen) atoms. The molecule has 3 heterocycles. The number of anilines is 1. The van der Waals surface area contributed by atoms with E-state index in [1.54, 1.807) is 23.1 Å². The van der Waals surface area contributed by atoms with E-state index in [0.717, 1.165) is 47.5 Å². The molecule has 5 nitrogen and oxygen atoms in total. The van der Waals surface area contributed by atoms with E-state index >= 15 is 0 Å². The molecular formula is C18H28N4OS2. The van der Waals surface area contributed by atoms with Gasteiger partial charge in [0, 0.05) is 30.1 Å². The fourth-order valence-corrected chi connectivity index (χ4v) is 4.77. The van der Waals surface area contributed by atoms with E-state index in [4.69, 9.17) is 14.7 Å². The summed E-state index contributed by atoms with van der Waals surface area (Å²) in [7, 11) is 4.18. The Morgan fingerprint density at radius 3 is 2.84 bits per heavy atom. The Morgan fingerprint density at radius 2 is 2.12 bits per heavy atom. The van der Waals surface area contributed by atoms with E-state index in [2.05, 4.69) is 45.1 Å². The van der Waals surface area contributed by atoms with Crippen molar-refractivity contribution >= 4 is 39.1 Å². The molecule has 2 aromatic heterocycles. The lowest BCUT2D eigenvalue weighted by molar-refractivity contribution is -0.0379. The van der Waals surface area contributed by atoms with Gasteiger partial charge in [-0.3, -0.25) is 0 Å². The number of aromatic nitrogens is 2. The molecule has 1 aliphatic rings. The Bertz CT molecular complexity index is 742.